The molecular formula is C18H25NO. The van der Waals surface area contributed by atoms with Gasteiger partial charge in [0.05, 0.1) is 6.61 Å². The van der Waals surface area contributed by atoms with Crippen molar-refractivity contribution in [3.8, 4) is 5.75 Å². The van der Waals surface area contributed by atoms with Gasteiger partial charge in [0, 0.05) is 6.04 Å². The minimum absolute atomic E-state index is 0.546. The molecule has 2 nitrogen and oxygen atoms in total. The molecule has 4 unspecified atom stereocenters. The van der Waals surface area contributed by atoms with Crippen molar-refractivity contribution in [3.63, 3.8) is 0 Å². The molecular weight excluding hydrogens is 246 g/mol. The molecule has 0 radical (unpaired) electrons. The standard InChI is InChI=1S/C18H25NO/c1-19-18-7-4-14-10-16(5-6-17(14)18)20-11-15-9-12-2-3-13(15)8-12/h5-6,10,12-13,15,18-19H,2-4,7-9,11H2,1H3. The van der Waals surface area contributed by atoms with Crippen LogP contribution in [0, 0.1) is 17.8 Å². The van der Waals surface area contributed by atoms with Crippen molar-refractivity contribution in [2.45, 2.75) is 44.6 Å². The Morgan fingerprint density at radius 2 is 2.15 bits per heavy atom. The zero-order valence-corrected chi connectivity index (χ0v) is 12.4. The van der Waals surface area contributed by atoms with Gasteiger partial charge in [-0.3, -0.25) is 0 Å². The number of ether oxygens (including phenoxy) is 1. The van der Waals surface area contributed by atoms with Gasteiger partial charge in [0.15, 0.2) is 0 Å². The summed E-state index contributed by atoms with van der Waals surface area (Å²) in [6.07, 6.45) is 8.23. The molecule has 108 valence electrons. The number of rotatable bonds is 4. The summed E-state index contributed by atoms with van der Waals surface area (Å²) < 4.78 is 6.12. The summed E-state index contributed by atoms with van der Waals surface area (Å²) in [5.41, 5.74) is 2.95. The average Bonchev–Trinajstić information content (AvgIpc) is 3.19. The van der Waals surface area contributed by atoms with Crippen LogP contribution in [0.3, 0.4) is 0 Å². The van der Waals surface area contributed by atoms with Crippen LogP contribution in [-0.4, -0.2) is 13.7 Å². The fraction of sp³-hybridized carbons (Fsp3) is 0.667. The van der Waals surface area contributed by atoms with Crippen molar-refractivity contribution in [1.29, 1.82) is 0 Å². The van der Waals surface area contributed by atoms with E-state index in [1.54, 1.807) is 0 Å². The topological polar surface area (TPSA) is 21.3 Å². The molecule has 0 amide bonds. The van der Waals surface area contributed by atoms with Crippen molar-refractivity contribution in [3.05, 3.63) is 29.3 Å². The summed E-state index contributed by atoms with van der Waals surface area (Å²) in [5.74, 6) is 3.89. The maximum absolute atomic E-state index is 6.12. The summed E-state index contributed by atoms with van der Waals surface area (Å²) in [6.45, 7) is 0.940. The van der Waals surface area contributed by atoms with Crippen LogP contribution in [0.4, 0.5) is 0 Å². The molecule has 0 spiro atoms. The van der Waals surface area contributed by atoms with E-state index in [9.17, 15) is 0 Å². The fourth-order valence-electron chi connectivity index (χ4n) is 4.77. The van der Waals surface area contributed by atoms with Crippen LogP contribution in [0.15, 0.2) is 18.2 Å². The van der Waals surface area contributed by atoms with Gasteiger partial charge in [-0.05, 0) is 80.2 Å². The normalized spacial score (nSPS) is 34.5. The summed E-state index contributed by atoms with van der Waals surface area (Å²) in [4.78, 5) is 0. The molecule has 1 N–H and O–H groups in total. The van der Waals surface area contributed by atoms with E-state index in [2.05, 4.69) is 30.6 Å². The van der Waals surface area contributed by atoms with Gasteiger partial charge in [0.25, 0.3) is 0 Å². The quantitative estimate of drug-likeness (QED) is 0.901. The molecule has 0 aliphatic heterocycles. The second-order valence-electron chi connectivity index (χ2n) is 6.99. The lowest BCUT2D eigenvalue weighted by Gasteiger charge is -2.22. The Kier molecular flexibility index (Phi) is 3.22. The van der Waals surface area contributed by atoms with Gasteiger partial charge in [-0.25, -0.2) is 0 Å². The van der Waals surface area contributed by atoms with E-state index in [1.165, 1.54) is 49.7 Å². The number of nitrogens with one attached hydrogen (secondary N) is 1. The highest BCUT2D eigenvalue weighted by Crippen LogP contribution is 2.48. The average molecular weight is 271 g/mol. The monoisotopic (exact) mass is 271 g/mol. The lowest BCUT2D eigenvalue weighted by molar-refractivity contribution is 0.195. The first-order valence-electron chi connectivity index (χ1n) is 8.26. The van der Waals surface area contributed by atoms with Crippen molar-refractivity contribution >= 4 is 0 Å². The van der Waals surface area contributed by atoms with E-state index in [0.717, 1.165) is 30.1 Å². The van der Waals surface area contributed by atoms with Crippen LogP contribution in [0.1, 0.15) is 49.3 Å². The molecule has 0 saturated heterocycles. The van der Waals surface area contributed by atoms with Crippen molar-refractivity contribution in [1.82, 2.24) is 5.32 Å². The Morgan fingerprint density at radius 3 is 2.90 bits per heavy atom. The van der Waals surface area contributed by atoms with Crippen LogP contribution in [0.2, 0.25) is 0 Å². The van der Waals surface area contributed by atoms with Gasteiger partial charge in [-0.15, -0.1) is 0 Å². The first-order chi connectivity index (χ1) is 9.83. The Bertz CT molecular complexity index is 498. The largest absolute Gasteiger partial charge is 0.493 e. The molecule has 3 aliphatic rings. The summed E-state index contributed by atoms with van der Waals surface area (Å²) in [7, 11) is 2.05. The van der Waals surface area contributed by atoms with E-state index in [4.69, 9.17) is 4.74 Å². The molecule has 0 aromatic heterocycles. The van der Waals surface area contributed by atoms with Crippen LogP contribution in [0.5, 0.6) is 5.75 Å². The summed E-state index contributed by atoms with van der Waals surface area (Å²) in [5, 5.41) is 3.39. The first kappa shape index (κ1) is 12.7. The highest BCUT2D eigenvalue weighted by molar-refractivity contribution is 5.40. The third-order valence-corrected chi connectivity index (χ3v) is 5.89. The van der Waals surface area contributed by atoms with E-state index in [1.807, 2.05) is 0 Å². The third kappa shape index (κ3) is 2.14. The molecule has 2 bridgehead atoms. The Balaban J connectivity index is 1.40. The smallest absolute Gasteiger partial charge is 0.119 e. The lowest BCUT2D eigenvalue weighted by atomic mass is 9.89. The molecule has 0 heterocycles. The minimum Gasteiger partial charge on any atom is -0.493 e. The molecule has 2 saturated carbocycles. The number of benzene rings is 1. The second kappa shape index (κ2) is 5.07. The van der Waals surface area contributed by atoms with Gasteiger partial charge in [-0.2, -0.15) is 0 Å². The fourth-order valence-corrected chi connectivity index (χ4v) is 4.77. The number of hydrogen-bond donors (Lipinski definition) is 1. The molecule has 1 aromatic carbocycles. The van der Waals surface area contributed by atoms with Crippen molar-refractivity contribution in [2.24, 2.45) is 17.8 Å². The Labute approximate surface area is 121 Å². The Hall–Kier alpha value is -1.02. The molecule has 4 rings (SSSR count). The summed E-state index contributed by atoms with van der Waals surface area (Å²) >= 11 is 0. The maximum atomic E-state index is 6.12. The van der Waals surface area contributed by atoms with Crippen LogP contribution < -0.4 is 10.1 Å². The van der Waals surface area contributed by atoms with Crippen LogP contribution >= 0.6 is 0 Å². The zero-order chi connectivity index (χ0) is 13.5. The lowest BCUT2D eigenvalue weighted by Crippen LogP contribution is -2.18. The number of fused-ring (bicyclic) bond motifs is 3. The minimum atomic E-state index is 0.546. The van der Waals surface area contributed by atoms with E-state index in [-0.39, 0.29) is 0 Å². The number of hydrogen-bond acceptors (Lipinski definition) is 2. The highest BCUT2D eigenvalue weighted by atomic mass is 16.5. The Morgan fingerprint density at radius 1 is 1.20 bits per heavy atom. The van der Waals surface area contributed by atoms with E-state index in [0.29, 0.717) is 6.04 Å². The highest BCUT2D eigenvalue weighted by Gasteiger charge is 2.39. The summed E-state index contributed by atoms with van der Waals surface area (Å²) in [6, 6.07) is 7.26. The van der Waals surface area contributed by atoms with Crippen LogP contribution in [-0.2, 0) is 6.42 Å². The van der Waals surface area contributed by atoms with Crippen molar-refractivity contribution < 1.29 is 4.74 Å². The van der Waals surface area contributed by atoms with Crippen molar-refractivity contribution in [2.75, 3.05) is 13.7 Å². The SMILES string of the molecule is CNC1CCc2cc(OCC3CC4CCC3C4)ccc21. The molecule has 4 atom stereocenters. The molecule has 20 heavy (non-hydrogen) atoms. The first-order valence-corrected chi connectivity index (χ1v) is 8.26. The number of aryl methyl sites for hydroxylation is 1. The predicted octanol–water partition coefficient (Wildman–Crippen LogP) is 3.71. The molecule has 2 heteroatoms. The predicted molar refractivity (Wildman–Crippen MR) is 81.0 cm³/mol. The molecule has 3 aliphatic carbocycles. The molecule has 2 fully saturated rings. The maximum Gasteiger partial charge on any atom is 0.119 e. The van der Waals surface area contributed by atoms with E-state index < -0.39 is 0 Å². The van der Waals surface area contributed by atoms with Gasteiger partial charge in [-0.1, -0.05) is 12.5 Å². The van der Waals surface area contributed by atoms with Gasteiger partial charge < -0.3 is 10.1 Å². The molecule has 1 aromatic rings. The van der Waals surface area contributed by atoms with Gasteiger partial charge in [0.2, 0.25) is 0 Å². The third-order valence-electron chi connectivity index (χ3n) is 5.89. The van der Waals surface area contributed by atoms with E-state index >= 15 is 0 Å². The zero-order valence-electron chi connectivity index (χ0n) is 12.4. The second-order valence-corrected chi connectivity index (χ2v) is 6.99. The van der Waals surface area contributed by atoms with Gasteiger partial charge in [0.1, 0.15) is 5.75 Å². The van der Waals surface area contributed by atoms with Crippen LogP contribution in [0.25, 0.3) is 0 Å². The van der Waals surface area contributed by atoms with Gasteiger partial charge >= 0.3 is 0 Å².